The highest BCUT2D eigenvalue weighted by Gasteiger charge is 2.12. The molecule has 0 saturated carbocycles. The van der Waals surface area contributed by atoms with Gasteiger partial charge >= 0.3 is 0 Å². The van der Waals surface area contributed by atoms with E-state index in [9.17, 15) is 4.79 Å². The van der Waals surface area contributed by atoms with E-state index in [-0.39, 0.29) is 12.5 Å². The van der Waals surface area contributed by atoms with Crippen LogP contribution in [0.15, 0.2) is 115 Å². The summed E-state index contributed by atoms with van der Waals surface area (Å²) in [5.41, 5.74) is 1.97. The van der Waals surface area contributed by atoms with E-state index >= 15 is 0 Å². The van der Waals surface area contributed by atoms with Crippen molar-refractivity contribution in [3.05, 3.63) is 126 Å². The predicted octanol–water partition coefficient (Wildman–Crippen LogP) is 7.47. The minimum absolute atomic E-state index is 0.221. The van der Waals surface area contributed by atoms with Crippen molar-refractivity contribution in [1.29, 1.82) is 0 Å². The standard InChI is InChI=1S/C31H25NO4/c1-34-30-18-12-24(19-25(30)21-35-29-15-11-22-7-5-6-8-23(22)20-29)31(33)32-26-13-16-28(17-14-26)36-27-9-3-2-4-10-27/h2-20H,21H2,1H3,(H,32,33). The molecule has 0 fully saturated rings. The highest BCUT2D eigenvalue weighted by atomic mass is 16.5. The predicted molar refractivity (Wildman–Crippen MR) is 142 cm³/mol. The Hall–Kier alpha value is -4.77. The van der Waals surface area contributed by atoms with Crippen LogP contribution in [0.2, 0.25) is 0 Å². The number of hydrogen-bond donors (Lipinski definition) is 1. The number of para-hydroxylation sites is 1. The van der Waals surface area contributed by atoms with Gasteiger partial charge in [0, 0.05) is 16.8 Å². The molecule has 0 spiro atoms. The Kier molecular flexibility index (Phi) is 6.81. The summed E-state index contributed by atoms with van der Waals surface area (Å²) < 4.78 is 17.3. The van der Waals surface area contributed by atoms with Crippen molar-refractivity contribution in [2.75, 3.05) is 12.4 Å². The molecule has 0 aliphatic rings. The zero-order valence-electron chi connectivity index (χ0n) is 19.8. The number of amides is 1. The molecule has 5 heteroatoms. The molecule has 0 aromatic heterocycles. The van der Waals surface area contributed by atoms with Crippen molar-refractivity contribution in [2.24, 2.45) is 0 Å². The summed E-state index contributed by atoms with van der Waals surface area (Å²) in [7, 11) is 1.60. The van der Waals surface area contributed by atoms with E-state index < -0.39 is 0 Å². The number of fused-ring (bicyclic) bond motifs is 1. The van der Waals surface area contributed by atoms with Crippen molar-refractivity contribution < 1.29 is 19.0 Å². The van der Waals surface area contributed by atoms with Crippen LogP contribution < -0.4 is 19.5 Å². The number of carbonyl (C=O) groups is 1. The number of nitrogens with one attached hydrogen (secondary N) is 1. The van der Waals surface area contributed by atoms with E-state index in [0.29, 0.717) is 22.7 Å². The van der Waals surface area contributed by atoms with Crippen LogP contribution in [0, 0.1) is 0 Å². The number of carbonyl (C=O) groups excluding carboxylic acids is 1. The zero-order chi connectivity index (χ0) is 24.7. The van der Waals surface area contributed by atoms with Crippen molar-refractivity contribution in [3.63, 3.8) is 0 Å². The lowest BCUT2D eigenvalue weighted by atomic mass is 10.1. The van der Waals surface area contributed by atoms with Crippen molar-refractivity contribution in [3.8, 4) is 23.0 Å². The van der Waals surface area contributed by atoms with Gasteiger partial charge in [-0.25, -0.2) is 0 Å². The third-order valence-corrected chi connectivity index (χ3v) is 5.75. The molecule has 1 N–H and O–H groups in total. The number of ether oxygens (including phenoxy) is 3. The average molecular weight is 476 g/mol. The molecule has 5 rings (SSSR count). The molecule has 1 amide bonds. The van der Waals surface area contributed by atoms with Crippen molar-refractivity contribution in [2.45, 2.75) is 6.61 Å². The molecule has 0 aliphatic carbocycles. The summed E-state index contributed by atoms with van der Waals surface area (Å²) in [5, 5.41) is 5.19. The lowest BCUT2D eigenvalue weighted by Crippen LogP contribution is -2.12. The van der Waals surface area contributed by atoms with Crippen LogP contribution in [0.25, 0.3) is 10.8 Å². The second-order valence-electron chi connectivity index (χ2n) is 8.22. The van der Waals surface area contributed by atoms with Crippen LogP contribution in [-0.4, -0.2) is 13.0 Å². The van der Waals surface area contributed by atoms with Gasteiger partial charge in [-0.15, -0.1) is 0 Å². The molecule has 0 heterocycles. The molecule has 5 aromatic carbocycles. The van der Waals surface area contributed by atoms with Gasteiger partial charge in [-0.1, -0.05) is 48.5 Å². The third kappa shape index (κ3) is 5.47. The maximum absolute atomic E-state index is 12.9. The van der Waals surface area contributed by atoms with E-state index in [1.165, 1.54) is 0 Å². The van der Waals surface area contributed by atoms with Crippen molar-refractivity contribution >= 4 is 22.4 Å². The van der Waals surface area contributed by atoms with Crippen LogP contribution in [0.1, 0.15) is 15.9 Å². The van der Waals surface area contributed by atoms with Crippen LogP contribution >= 0.6 is 0 Å². The van der Waals surface area contributed by atoms with Gasteiger partial charge in [0.1, 0.15) is 29.6 Å². The highest BCUT2D eigenvalue weighted by Crippen LogP contribution is 2.26. The number of rotatable bonds is 8. The first kappa shape index (κ1) is 23.0. The van der Waals surface area contributed by atoms with Gasteiger partial charge < -0.3 is 19.5 Å². The summed E-state index contributed by atoms with van der Waals surface area (Å²) in [6.45, 7) is 0.272. The van der Waals surface area contributed by atoms with Gasteiger partial charge in [0.15, 0.2) is 0 Å². The fraction of sp³-hybridized carbons (Fsp3) is 0.0645. The number of anilines is 1. The Bertz CT molecular complexity index is 1480. The van der Waals surface area contributed by atoms with Crippen LogP contribution in [-0.2, 0) is 6.61 Å². The summed E-state index contributed by atoms with van der Waals surface area (Å²) in [4.78, 5) is 12.9. The third-order valence-electron chi connectivity index (χ3n) is 5.75. The SMILES string of the molecule is COc1ccc(C(=O)Nc2ccc(Oc3ccccc3)cc2)cc1COc1ccc2ccccc2c1. The fourth-order valence-electron chi connectivity index (χ4n) is 3.89. The molecular formula is C31H25NO4. The van der Waals surface area contributed by atoms with E-state index in [1.54, 1.807) is 25.3 Å². The smallest absolute Gasteiger partial charge is 0.255 e. The first-order valence-corrected chi connectivity index (χ1v) is 11.6. The Morgan fingerprint density at radius 3 is 2.17 bits per heavy atom. The number of hydrogen-bond acceptors (Lipinski definition) is 4. The summed E-state index contributed by atoms with van der Waals surface area (Å²) in [6, 6.07) is 36.2. The van der Waals surface area contributed by atoms with Crippen LogP contribution in [0.5, 0.6) is 23.0 Å². The first-order chi connectivity index (χ1) is 17.7. The highest BCUT2D eigenvalue weighted by molar-refractivity contribution is 6.04. The molecule has 0 bridgehead atoms. The molecule has 0 atom stereocenters. The lowest BCUT2D eigenvalue weighted by molar-refractivity contribution is 0.102. The van der Waals surface area contributed by atoms with E-state index in [1.807, 2.05) is 91.0 Å². The molecule has 0 saturated heterocycles. The zero-order valence-corrected chi connectivity index (χ0v) is 19.8. The molecule has 0 radical (unpaired) electrons. The maximum Gasteiger partial charge on any atom is 0.255 e. The summed E-state index contributed by atoms with van der Waals surface area (Å²) >= 11 is 0. The van der Waals surface area contributed by atoms with Gasteiger partial charge in [0.05, 0.1) is 7.11 Å². The Morgan fingerprint density at radius 1 is 0.694 bits per heavy atom. The average Bonchev–Trinajstić information content (AvgIpc) is 2.93. The Labute approximate surface area is 209 Å². The minimum Gasteiger partial charge on any atom is -0.496 e. The number of benzene rings is 5. The van der Waals surface area contributed by atoms with Gasteiger partial charge in [0.2, 0.25) is 0 Å². The summed E-state index contributed by atoms with van der Waals surface area (Å²) in [5.74, 6) is 2.64. The molecule has 0 unspecified atom stereocenters. The lowest BCUT2D eigenvalue weighted by Gasteiger charge is -2.13. The Balaban J connectivity index is 1.26. The second kappa shape index (κ2) is 10.7. The quantitative estimate of drug-likeness (QED) is 0.253. The van der Waals surface area contributed by atoms with Gasteiger partial charge in [-0.3, -0.25) is 4.79 Å². The maximum atomic E-state index is 12.9. The van der Waals surface area contributed by atoms with Crippen LogP contribution in [0.4, 0.5) is 5.69 Å². The molecular weight excluding hydrogens is 450 g/mol. The number of methoxy groups -OCH3 is 1. The second-order valence-corrected chi connectivity index (χ2v) is 8.22. The monoisotopic (exact) mass is 475 g/mol. The molecule has 0 aliphatic heterocycles. The summed E-state index contributed by atoms with van der Waals surface area (Å²) in [6.07, 6.45) is 0. The van der Waals surface area contributed by atoms with E-state index in [2.05, 4.69) is 11.4 Å². The largest absolute Gasteiger partial charge is 0.496 e. The molecule has 5 nitrogen and oxygen atoms in total. The molecule has 5 aromatic rings. The molecule has 36 heavy (non-hydrogen) atoms. The van der Waals surface area contributed by atoms with Gasteiger partial charge in [0.25, 0.3) is 5.91 Å². The fourth-order valence-corrected chi connectivity index (χ4v) is 3.89. The Morgan fingerprint density at radius 2 is 1.39 bits per heavy atom. The van der Waals surface area contributed by atoms with Gasteiger partial charge in [-0.2, -0.15) is 0 Å². The van der Waals surface area contributed by atoms with E-state index in [0.717, 1.165) is 27.8 Å². The minimum atomic E-state index is -0.221. The van der Waals surface area contributed by atoms with Gasteiger partial charge in [-0.05, 0) is 77.5 Å². The van der Waals surface area contributed by atoms with E-state index in [4.69, 9.17) is 14.2 Å². The van der Waals surface area contributed by atoms with Crippen LogP contribution in [0.3, 0.4) is 0 Å². The molecule has 178 valence electrons. The normalized spacial score (nSPS) is 10.6. The topological polar surface area (TPSA) is 56.8 Å². The first-order valence-electron chi connectivity index (χ1n) is 11.6. The van der Waals surface area contributed by atoms with Crippen molar-refractivity contribution in [1.82, 2.24) is 0 Å².